The second-order valence-electron chi connectivity index (χ2n) is 6.29. The third-order valence-corrected chi connectivity index (χ3v) is 4.64. The highest BCUT2D eigenvalue weighted by molar-refractivity contribution is 5.80. The van der Waals surface area contributed by atoms with Crippen LogP contribution in [0, 0.1) is 0 Å². The summed E-state index contributed by atoms with van der Waals surface area (Å²) in [6.45, 7) is 1.35. The van der Waals surface area contributed by atoms with E-state index in [2.05, 4.69) is 27.0 Å². The summed E-state index contributed by atoms with van der Waals surface area (Å²) in [7, 11) is 0. The van der Waals surface area contributed by atoms with Crippen molar-refractivity contribution in [3.05, 3.63) is 78.0 Å². The van der Waals surface area contributed by atoms with Gasteiger partial charge in [-0.15, -0.1) is 0 Å². The molecule has 0 saturated carbocycles. The van der Waals surface area contributed by atoms with Crippen LogP contribution in [-0.4, -0.2) is 31.4 Å². The largest absolute Gasteiger partial charge is 0.368 e. The SMILES string of the molecule is NC(=O)[C@@H]1Cc2ccccc2CN1Cc1ccc(-n2ccnc2)nc1. The van der Waals surface area contributed by atoms with Gasteiger partial charge in [0, 0.05) is 31.7 Å². The molecule has 0 spiro atoms. The number of pyridine rings is 1. The number of hydrogen-bond acceptors (Lipinski definition) is 4. The smallest absolute Gasteiger partial charge is 0.235 e. The van der Waals surface area contributed by atoms with Gasteiger partial charge in [-0.3, -0.25) is 14.3 Å². The molecular formula is C19H19N5O. The van der Waals surface area contributed by atoms with Gasteiger partial charge in [-0.25, -0.2) is 9.97 Å². The maximum Gasteiger partial charge on any atom is 0.235 e. The van der Waals surface area contributed by atoms with Gasteiger partial charge in [0.25, 0.3) is 0 Å². The van der Waals surface area contributed by atoms with Crippen LogP contribution in [0.3, 0.4) is 0 Å². The summed E-state index contributed by atoms with van der Waals surface area (Å²) in [5, 5.41) is 0. The number of fused-ring (bicyclic) bond motifs is 1. The van der Waals surface area contributed by atoms with Gasteiger partial charge in [-0.05, 0) is 29.2 Å². The number of nitrogens with zero attached hydrogens (tertiary/aromatic N) is 4. The summed E-state index contributed by atoms with van der Waals surface area (Å²) < 4.78 is 1.85. The summed E-state index contributed by atoms with van der Waals surface area (Å²) in [6, 6.07) is 11.9. The first-order valence-corrected chi connectivity index (χ1v) is 8.24. The van der Waals surface area contributed by atoms with Gasteiger partial charge in [-0.2, -0.15) is 0 Å². The lowest BCUT2D eigenvalue weighted by molar-refractivity contribution is -0.124. The van der Waals surface area contributed by atoms with E-state index in [-0.39, 0.29) is 11.9 Å². The maximum atomic E-state index is 11.9. The first-order chi connectivity index (χ1) is 12.2. The average molecular weight is 333 g/mol. The van der Waals surface area contributed by atoms with Crippen LogP contribution in [-0.2, 0) is 24.3 Å². The summed E-state index contributed by atoms with van der Waals surface area (Å²) in [6.07, 6.45) is 7.79. The predicted octanol–water partition coefficient (Wildman–Crippen LogP) is 1.68. The minimum Gasteiger partial charge on any atom is -0.368 e. The molecule has 0 bridgehead atoms. The Morgan fingerprint density at radius 3 is 2.72 bits per heavy atom. The van der Waals surface area contributed by atoms with Crippen molar-refractivity contribution in [2.75, 3.05) is 0 Å². The molecule has 0 fully saturated rings. The number of carbonyl (C=O) groups excluding carboxylic acids is 1. The van der Waals surface area contributed by atoms with E-state index in [1.54, 1.807) is 12.5 Å². The van der Waals surface area contributed by atoms with E-state index in [0.29, 0.717) is 19.5 Å². The lowest BCUT2D eigenvalue weighted by Gasteiger charge is -2.35. The number of carbonyl (C=O) groups is 1. The number of rotatable bonds is 4. The van der Waals surface area contributed by atoms with E-state index in [1.807, 2.05) is 41.2 Å². The van der Waals surface area contributed by atoms with E-state index in [4.69, 9.17) is 5.73 Å². The zero-order valence-corrected chi connectivity index (χ0v) is 13.7. The highest BCUT2D eigenvalue weighted by Crippen LogP contribution is 2.24. The molecule has 2 N–H and O–H groups in total. The minimum absolute atomic E-state index is 0.280. The lowest BCUT2D eigenvalue weighted by Crippen LogP contribution is -2.48. The molecular weight excluding hydrogens is 314 g/mol. The zero-order valence-electron chi connectivity index (χ0n) is 13.7. The predicted molar refractivity (Wildman–Crippen MR) is 93.7 cm³/mol. The van der Waals surface area contributed by atoms with Crippen LogP contribution < -0.4 is 5.73 Å². The number of primary amides is 1. The Balaban J connectivity index is 1.55. The summed E-state index contributed by atoms with van der Waals surface area (Å²) >= 11 is 0. The molecule has 0 unspecified atom stereocenters. The lowest BCUT2D eigenvalue weighted by atomic mass is 9.93. The van der Waals surface area contributed by atoms with E-state index in [9.17, 15) is 4.79 Å². The third-order valence-electron chi connectivity index (χ3n) is 4.64. The maximum absolute atomic E-state index is 11.9. The molecule has 0 radical (unpaired) electrons. The van der Waals surface area contributed by atoms with Gasteiger partial charge in [0.1, 0.15) is 12.1 Å². The van der Waals surface area contributed by atoms with E-state index in [1.165, 1.54) is 11.1 Å². The van der Waals surface area contributed by atoms with Crippen molar-refractivity contribution in [1.82, 2.24) is 19.4 Å². The Kier molecular flexibility index (Phi) is 4.03. The first kappa shape index (κ1) is 15.5. The van der Waals surface area contributed by atoms with Crippen LogP contribution in [0.15, 0.2) is 61.3 Å². The quantitative estimate of drug-likeness (QED) is 0.788. The minimum atomic E-state index is -0.289. The van der Waals surface area contributed by atoms with Crippen molar-refractivity contribution >= 4 is 5.91 Å². The van der Waals surface area contributed by atoms with Crippen molar-refractivity contribution < 1.29 is 4.79 Å². The van der Waals surface area contributed by atoms with Gasteiger partial charge < -0.3 is 5.73 Å². The molecule has 1 aliphatic heterocycles. The molecule has 6 heteroatoms. The third kappa shape index (κ3) is 3.16. The second kappa shape index (κ2) is 6.49. The summed E-state index contributed by atoms with van der Waals surface area (Å²) in [5.41, 5.74) is 9.16. The molecule has 3 heterocycles. The molecule has 1 atom stereocenters. The normalized spacial score (nSPS) is 17.2. The molecule has 1 aliphatic rings. The molecule has 126 valence electrons. The molecule has 1 amide bonds. The van der Waals surface area contributed by atoms with Crippen LogP contribution in [0.1, 0.15) is 16.7 Å². The van der Waals surface area contributed by atoms with Crippen molar-refractivity contribution in [2.24, 2.45) is 5.73 Å². The number of aromatic nitrogens is 3. The Morgan fingerprint density at radius 1 is 1.20 bits per heavy atom. The van der Waals surface area contributed by atoms with E-state index < -0.39 is 0 Å². The number of amides is 1. The van der Waals surface area contributed by atoms with Crippen LogP contribution in [0.4, 0.5) is 0 Å². The number of nitrogens with two attached hydrogens (primary N) is 1. The second-order valence-corrected chi connectivity index (χ2v) is 6.29. The van der Waals surface area contributed by atoms with Gasteiger partial charge in [0.05, 0.1) is 6.04 Å². The Morgan fingerprint density at radius 2 is 2.04 bits per heavy atom. The number of imidazole rings is 1. The Labute approximate surface area is 145 Å². The molecule has 1 aromatic carbocycles. The highest BCUT2D eigenvalue weighted by Gasteiger charge is 2.29. The van der Waals surface area contributed by atoms with Gasteiger partial charge in [0.2, 0.25) is 5.91 Å². The average Bonchev–Trinajstić information content (AvgIpc) is 3.16. The molecule has 0 aliphatic carbocycles. The molecule has 2 aromatic heterocycles. The fourth-order valence-corrected chi connectivity index (χ4v) is 3.32. The monoisotopic (exact) mass is 333 g/mol. The standard InChI is InChI=1S/C19H19N5O/c20-19(25)17-9-15-3-1-2-4-16(15)12-24(17)11-14-5-6-18(22-10-14)23-8-7-21-13-23/h1-8,10,13,17H,9,11-12H2,(H2,20,25)/t17-/m0/s1. The topological polar surface area (TPSA) is 77.0 Å². The summed E-state index contributed by atoms with van der Waals surface area (Å²) in [4.78, 5) is 22.6. The van der Waals surface area contributed by atoms with Gasteiger partial charge in [0.15, 0.2) is 0 Å². The molecule has 25 heavy (non-hydrogen) atoms. The van der Waals surface area contributed by atoms with Crippen molar-refractivity contribution in [2.45, 2.75) is 25.6 Å². The fourth-order valence-electron chi connectivity index (χ4n) is 3.32. The Hall–Kier alpha value is -2.99. The van der Waals surface area contributed by atoms with Crippen LogP contribution in [0.5, 0.6) is 0 Å². The molecule has 0 saturated heterocycles. The fraction of sp³-hybridized carbons (Fsp3) is 0.211. The zero-order chi connectivity index (χ0) is 17.2. The first-order valence-electron chi connectivity index (χ1n) is 8.24. The van der Waals surface area contributed by atoms with Gasteiger partial charge >= 0.3 is 0 Å². The van der Waals surface area contributed by atoms with Crippen molar-refractivity contribution in [3.63, 3.8) is 0 Å². The van der Waals surface area contributed by atoms with Crippen LogP contribution in [0.2, 0.25) is 0 Å². The molecule has 3 aromatic rings. The van der Waals surface area contributed by atoms with E-state index >= 15 is 0 Å². The highest BCUT2D eigenvalue weighted by atomic mass is 16.1. The molecule has 4 rings (SSSR count). The number of benzene rings is 1. The number of hydrogen-bond donors (Lipinski definition) is 1. The van der Waals surface area contributed by atoms with Crippen LogP contribution >= 0.6 is 0 Å². The Bertz CT molecular complexity index is 873. The van der Waals surface area contributed by atoms with E-state index in [0.717, 1.165) is 11.4 Å². The molecule has 6 nitrogen and oxygen atoms in total. The van der Waals surface area contributed by atoms with Crippen molar-refractivity contribution in [1.29, 1.82) is 0 Å². The van der Waals surface area contributed by atoms with Crippen molar-refractivity contribution in [3.8, 4) is 5.82 Å². The van der Waals surface area contributed by atoms with Gasteiger partial charge in [-0.1, -0.05) is 30.3 Å². The summed E-state index contributed by atoms with van der Waals surface area (Å²) in [5.74, 6) is 0.536. The van der Waals surface area contributed by atoms with Crippen LogP contribution in [0.25, 0.3) is 5.82 Å².